The van der Waals surface area contributed by atoms with Crippen LogP contribution in [0.1, 0.15) is 29.6 Å². The summed E-state index contributed by atoms with van der Waals surface area (Å²) in [7, 11) is 0. The Balaban J connectivity index is 1.68. The molecule has 2 aliphatic rings. The first-order chi connectivity index (χ1) is 8.74. The van der Waals surface area contributed by atoms with Gasteiger partial charge in [0.1, 0.15) is 5.75 Å². The summed E-state index contributed by atoms with van der Waals surface area (Å²) in [5, 5.41) is 12.4. The Morgan fingerprint density at radius 1 is 1.39 bits per heavy atom. The van der Waals surface area contributed by atoms with Crippen molar-refractivity contribution in [1.29, 1.82) is 0 Å². The lowest BCUT2D eigenvalue weighted by Crippen LogP contribution is -2.42. The van der Waals surface area contributed by atoms with E-state index in [9.17, 15) is 9.90 Å². The third-order valence-corrected chi connectivity index (χ3v) is 3.91. The highest BCUT2D eigenvalue weighted by atomic mass is 16.3. The number of aromatic nitrogens is 1. The quantitative estimate of drug-likeness (QED) is 0.809. The van der Waals surface area contributed by atoms with E-state index in [4.69, 9.17) is 0 Å². The zero-order valence-corrected chi connectivity index (χ0v) is 10.2. The Bertz CT molecular complexity index is 463. The smallest absolute Gasteiger partial charge is 0.253 e. The van der Waals surface area contributed by atoms with E-state index in [-0.39, 0.29) is 17.7 Å². The first-order valence-electron chi connectivity index (χ1n) is 6.43. The molecule has 0 saturated carbocycles. The lowest BCUT2D eigenvalue weighted by atomic mass is 10.1. The highest BCUT2D eigenvalue weighted by molar-refractivity contribution is 5.94. The minimum atomic E-state index is -0.142. The molecule has 3 heterocycles. The summed E-state index contributed by atoms with van der Waals surface area (Å²) in [6, 6.07) is 2.19. The van der Waals surface area contributed by atoms with Crippen LogP contribution in [-0.4, -0.2) is 46.1 Å². The van der Waals surface area contributed by atoms with Gasteiger partial charge in [0.05, 0.1) is 11.8 Å². The Morgan fingerprint density at radius 3 is 3.11 bits per heavy atom. The third-order valence-electron chi connectivity index (χ3n) is 3.91. The van der Waals surface area contributed by atoms with E-state index in [1.54, 1.807) is 0 Å². The van der Waals surface area contributed by atoms with Crippen molar-refractivity contribution in [3.63, 3.8) is 0 Å². The number of aromatic hydroxyl groups is 1. The molecule has 2 N–H and O–H groups in total. The minimum Gasteiger partial charge on any atom is -0.506 e. The molecular formula is C13H17N3O2. The van der Waals surface area contributed by atoms with Crippen LogP contribution in [0.5, 0.6) is 5.75 Å². The standard InChI is InChI=1S/C13H17N3O2/c17-10-6-9(7-14-8-10)13(18)15-11-3-5-16-4-1-2-12(11)16/h6-8,11-12,17H,1-5H2,(H,15,18). The predicted molar refractivity (Wildman–Crippen MR) is 66.4 cm³/mol. The fourth-order valence-corrected chi connectivity index (χ4v) is 3.05. The first-order valence-corrected chi connectivity index (χ1v) is 6.43. The van der Waals surface area contributed by atoms with Crippen molar-refractivity contribution >= 4 is 5.91 Å². The zero-order chi connectivity index (χ0) is 12.5. The molecule has 5 heteroatoms. The highest BCUT2D eigenvalue weighted by Gasteiger charge is 2.37. The Kier molecular flexibility index (Phi) is 2.91. The van der Waals surface area contributed by atoms with E-state index in [0.717, 1.165) is 19.5 Å². The van der Waals surface area contributed by atoms with Gasteiger partial charge in [-0.1, -0.05) is 0 Å². The van der Waals surface area contributed by atoms with Crippen LogP contribution in [0.25, 0.3) is 0 Å². The number of amides is 1. The number of pyridine rings is 1. The number of hydrogen-bond acceptors (Lipinski definition) is 4. The number of rotatable bonds is 2. The van der Waals surface area contributed by atoms with Gasteiger partial charge in [-0.05, 0) is 31.9 Å². The average Bonchev–Trinajstić information content (AvgIpc) is 2.94. The summed E-state index contributed by atoms with van der Waals surface area (Å²) >= 11 is 0. The first kappa shape index (κ1) is 11.5. The number of carbonyl (C=O) groups excluding carboxylic acids is 1. The highest BCUT2D eigenvalue weighted by Crippen LogP contribution is 2.28. The van der Waals surface area contributed by atoms with Gasteiger partial charge >= 0.3 is 0 Å². The maximum atomic E-state index is 12.1. The van der Waals surface area contributed by atoms with Crippen LogP contribution in [0.3, 0.4) is 0 Å². The van der Waals surface area contributed by atoms with Gasteiger partial charge < -0.3 is 10.4 Å². The van der Waals surface area contributed by atoms with Gasteiger partial charge in [-0.2, -0.15) is 0 Å². The van der Waals surface area contributed by atoms with Crippen LogP contribution < -0.4 is 5.32 Å². The molecule has 1 aromatic heterocycles. The van der Waals surface area contributed by atoms with Gasteiger partial charge in [0, 0.05) is 24.8 Å². The van der Waals surface area contributed by atoms with Crippen molar-refractivity contribution < 1.29 is 9.90 Å². The van der Waals surface area contributed by atoms with Crippen LogP contribution in [0.15, 0.2) is 18.5 Å². The van der Waals surface area contributed by atoms with E-state index in [1.807, 2.05) is 0 Å². The van der Waals surface area contributed by atoms with Crippen molar-refractivity contribution in [2.75, 3.05) is 13.1 Å². The van der Waals surface area contributed by atoms with E-state index >= 15 is 0 Å². The molecule has 18 heavy (non-hydrogen) atoms. The van der Waals surface area contributed by atoms with Crippen molar-refractivity contribution in [2.24, 2.45) is 0 Å². The lowest BCUT2D eigenvalue weighted by Gasteiger charge is -2.21. The number of hydrogen-bond donors (Lipinski definition) is 2. The molecule has 3 rings (SSSR count). The largest absolute Gasteiger partial charge is 0.506 e. The summed E-state index contributed by atoms with van der Waals surface area (Å²) < 4.78 is 0. The van der Waals surface area contributed by atoms with E-state index in [0.29, 0.717) is 11.6 Å². The van der Waals surface area contributed by atoms with Crippen LogP contribution in [0.2, 0.25) is 0 Å². The maximum Gasteiger partial charge on any atom is 0.253 e. The van der Waals surface area contributed by atoms with Gasteiger partial charge in [-0.25, -0.2) is 0 Å². The van der Waals surface area contributed by atoms with Crippen LogP contribution in [0, 0.1) is 0 Å². The number of nitrogens with one attached hydrogen (secondary N) is 1. The fourth-order valence-electron chi connectivity index (χ4n) is 3.05. The van der Waals surface area contributed by atoms with Crippen LogP contribution in [-0.2, 0) is 0 Å². The van der Waals surface area contributed by atoms with E-state index in [2.05, 4.69) is 15.2 Å². The van der Waals surface area contributed by atoms with Crippen LogP contribution >= 0.6 is 0 Å². The Labute approximate surface area is 106 Å². The molecule has 2 fully saturated rings. The molecule has 2 saturated heterocycles. The summed E-state index contributed by atoms with van der Waals surface area (Å²) in [6.45, 7) is 2.23. The second kappa shape index (κ2) is 4.57. The van der Waals surface area contributed by atoms with Crippen molar-refractivity contribution in [3.05, 3.63) is 24.0 Å². The molecule has 2 unspecified atom stereocenters. The van der Waals surface area contributed by atoms with Gasteiger partial charge in [-0.3, -0.25) is 14.7 Å². The summed E-state index contributed by atoms with van der Waals surface area (Å²) in [6.07, 6.45) is 6.22. The lowest BCUT2D eigenvalue weighted by molar-refractivity contribution is 0.0928. The van der Waals surface area contributed by atoms with Crippen molar-refractivity contribution in [1.82, 2.24) is 15.2 Å². The molecule has 0 aliphatic carbocycles. The third kappa shape index (κ3) is 2.06. The van der Waals surface area contributed by atoms with Gasteiger partial charge in [0.2, 0.25) is 0 Å². The molecule has 96 valence electrons. The normalized spacial score (nSPS) is 27.1. The topological polar surface area (TPSA) is 65.5 Å². The molecule has 0 spiro atoms. The number of fused-ring (bicyclic) bond motifs is 1. The summed E-state index contributed by atoms with van der Waals surface area (Å²) in [4.78, 5) is 18.3. The van der Waals surface area contributed by atoms with Crippen LogP contribution in [0.4, 0.5) is 0 Å². The maximum absolute atomic E-state index is 12.1. The van der Waals surface area contributed by atoms with E-state index in [1.165, 1.54) is 31.3 Å². The summed E-state index contributed by atoms with van der Waals surface area (Å²) in [5.41, 5.74) is 0.423. The molecule has 1 aromatic rings. The van der Waals surface area contributed by atoms with E-state index < -0.39 is 0 Å². The molecule has 1 amide bonds. The van der Waals surface area contributed by atoms with Gasteiger partial charge in [0.25, 0.3) is 5.91 Å². The minimum absolute atomic E-state index is 0.0246. The summed E-state index contributed by atoms with van der Waals surface area (Å²) in [5.74, 6) is -0.117. The predicted octanol–water partition coefficient (Wildman–Crippen LogP) is 0.754. The molecule has 2 atom stereocenters. The number of nitrogens with zero attached hydrogens (tertiary/aromatic N) is 2. The molecular weight excluding hydrogens is 230 g/mol. The van der Waals surface area contributed by atoms with Crippen molar-refractivity contribution in [2.45, 2.75) is 31.3 Å². The second-order valence-corrected chi connectivity index (χ2v) is 5.05. The van der Waals surface area contributed by atoms with Gasteiger partial charge in [0.15, 0.2) is 0 Å². The number of carbonyl (C=O) groups is 1. The second-order valence-electron chi connectivity index (χ2n) is 5.05. The molecule has 5 nitrogen and oxygen atoms in total. The van der Waals surface area contributed by atoms with Gasteiger partial charge in [-0.15, -0.1) is 0 Å². The Hall–Kier alpha value is -1.62. The zero-order valence-electron chi connectivity index (χ0n) is 10.2. The monoisotopic (exact) mass is 247 g/mol. The molecule has 0 aromatic carbocycles. The molecule has 0 radical (unpaired) electrons. The Morgan fingerprint density at radius 2 is 2.28 bits per heavy atom. The SMILES string of the molecule is O=C(NC1CCN2CCCC12)c1cncc(O)c1. The fraction of sp³-hybridized carbons (Fsp3) is 0.538. The molecule has 0 bridgehead atoms. The van der Waals surface area contributed by atoms with Crippen molar-refractivity contribution in [3.8, 4) is 5.75 Å². The average molecular weight is 247 g/mol. The molecule has 2 aliphatic heterocycles.